The number of carbonyl (C=O) groups excluding carboxylic acids is 3. The summed E-state index contributed by atoms with van der Waals surface area (Å²) in [4.78, 5) is 39.2. The Kier molecular flexibility index (Phi) is 9.23. The molecule has 0 radical (unpaired) electrons. The topological polar surface area (TPSA) is 140 Å². The van der Waals surface area contributed by atoms with Crippen molar-refractivity contribution in [2.24, 2.45) is 11.3 Å². The highest BCUT2D eigenvalue weighted by molar-refractivity contribution is 7.89. The van der Waals surface area contributed by atoms with Crippen molar-refractivity contribution in [2.45, 2.75) is 57.9 Å². The predicted molar refractivity (Wildman–Crippen MR) is 157 cm³/mol. The maximum atomic E-state index is 13.1. The molecular formula is C30H41N5O7S. The van der Waals surface area contributed by atoms with E-state index >= 15 is 0 Å². The Morgan fingerprint density at radius 3 is 2.42 bits per heavy atom. The zero-order valence-electron chi connectivity index (χ0n) is 25.1. The van der Waals surface area contributed by atoms with Gasteiger partial charge < -0.3 is 19.7 Å². The fraction of sp³-hybridized carbons (Fsp3) is 0.600. The summed E-state index contributed by atoms with van der Waals surface area (Å²) in [5.74, 6) is -0.776. The Morgan fingerprint density at radius 1 is 1.12 bits per heavy atom. The summed E-state index contributed by atoms with van der Waals surface area (Å²) >= 11 is 0. The third kappa shape index (κ3) is 6.63. The average Bonchev–Trinajstić information content (AvgIpc) is 3.28. The first-order valence-corrected chi connectivity index (χ1v) is 16.4. The Hall–Kier alpha value is -3.29. The van der Waals surface area contributed by atoms with E-state index in [-0.39, 0.29) is 53.3 Å². The molecule has 1 aromatic carbocycles. The van der Waals surface area contributed by atoms with Crippen molar-refractivity contribution >= 4 is 27.8 Å². The van der Waals surface area contributed by atoms with Gasteiger partial charge in [0, 0.05) is 65.3 Å². The number of ether oxygens (including phenoxy) is 2. The number of carbonyl (C=O) groups is 3. The van der Waals surface area contributed by atoms with E-state index in [1.165, 1.54) is 35.5 Å². The molecule has 0 saturated carbocycles. The van der Waals surface area contributed by atoms with Crippen molar-refractivity contribution in [3.05, 3.63) is 46.8 Å². The van der Waals surface area contributed by atoms with Crippen molar-refractivity contribution in [3.8, 4) is 0 Å². The number of nitrogens with one attached hydrogen (secondary N) is 1. The summed E-state index contributed by atoms with van der Waals surface area (Å²) in [6, 6.07) is 5.74. The fourth-order valence-corrected chi connectivity index (χ4v) is 7.55. The molecule has 1 aromatic heterocycles. The number of hydrogen-bond donors (Lipinski definition) is 1. The van der Waals surface area contributed by atoms with Crippen LogP contribution in [0.5, 0.6) is 0 Å². The van der Waals surface area contributed by atoms with E-state index in [1.807, 2.05) is 18.5 Å². The summed E-state index contributed by atoms with van der Waals surface area (Å²) < 4.78 is 40.6. The summed E-state index contributed by atoms with van der Waals surface area (Å²) in [6.45, 7) is 9.18. The van der Waals surface area contributed by atoms with Gasteiger partial charge in [0.05, 0.1) is 34.0 Å². The Morgan fingerprint density at radius 2 is 1.79 bits per heavy atom. The first-order valence-electron chi connectivity index (χ1n) is 15.0. The summed E-state index contributed by atoms with van der Waals surface area (Å²) in [6.07, 6.45) is 3.14. The van der Waals surface area contributed by atoms with Gasteiger partial charge in [-0.3, -0.25) is 14.3 Å². The Balaban J connectivity index is 1.21. The SMILES string of the molecule is CCc1nn(C[C@@H](C)COC(=O)c2ccc(S(=O)(=O)N3CCN(C(C)=O)CC3)cc2)c2c1C(=O)NCC1(CCOCC1)C2. The number of fused-ring (bicyclic) bond motifs is 1. The molecule has 234 valence electrons. The van der Waals surface area contributed by atoms with Crippen LogP contribution in [-0.2, 0) is 43.7 Å². The molecule has 0 bridgehead atoms. The van der Waals surface area contributed by atoms with Gasteiger partial charge in [0.2, 0.25) is 15.9 Å². The van der Waals surface area contributed by atoms with Crippen molar-refractivity contribution in [3.63, 3.8) is 0 Å². The number of nitrogens with zero attached hydrogens (tertiary/aromatic N) is 4. The Labute approximate surface area is 252 Å². The second-order valence-corrected chi connectivity index (χ2v) is 13.9. The van der Waals surface area contributed by atoms with Crippen molar-refractivity contribution in [1.82, 2.24) is 24.3 Å². The van der Waals surface area contributed by atoms with Crippen LogP contribution in [0.1, 0.15) is 65.7 Å². The lowest BCUT2D eigenvalue weighted by Crippen LogP contribution is -2.49. The molecule has 1 N–H and O–H groups in total. The molecule has 5 rings (SSSR count). The second kappa shape index (κ2) is 12.7. The van der Waals surface area contributed by atoms with Gasteiger partial charge in [0.1, 0.15) is 0 Å². The van der Waals surface area contributed by atoms with Crippen molar-refractivity contribution in [2.75, 3.05) is 52.5 Å². The van der Waals surface area contributed by atoms with E-state index < -0.39 is 16.0 Å². The standard InChI is InChI=1S/C30H41N5O7S/c1-4-25-27-26(17-30(20-31-28(27)37)9-15-41-16-10-30)35(32-25)18-21(2)19-42-29(38)23-5-7-24(8-6-23)43(39,40)34-13-11-33(12-14-34)22(3)36/h5-8,21H,4,9-20H2,1-3H3,(H,31,37)/t21-/m1/s1. The number of aryl methyl sites for hydroxylation is 1. The van der Waals surface area contributed by atoms with Crippen LogP contribution in [0.25, 0.3) is 0 Å². The van der Waals surface area contributed by atoms with E-state index in [9.17, 15) is 22.8 Å². The first-order chi connectivity index (χ1) is 20.5. The molecule has 43 heavy (non-hydrogen) atoms. The molecule has 2 fully saturated rings. The number of hydrogen-bond acceptors (Lipinski definition) is 8. The van der Waals surface area contributed by atoms with Gasteiger partial charge in [-0.1, -0.05) is 13.8 Å². The van der Waals surface area contributed by atoms with Gasteiger partial charge in [0.25, 0.3) is 5.91 Å². The minimum absolute atomic E-state index is 0.0554. The molecular weight excluding hydrogens is 574 g/mol. The number of esters is 1. The second-order valence-electron chi connectivity index (χ2n) is 11.9. The minimum Gasteiger partial charge on any atom is -0.462 e. The quantitative estimate of drug-likeness (QED) is 0.444. The van der Waals surface area contributed by atoms with E-state index in [2.05, 4.69) is 5.32 Å². The summed E-state index contributed by atoms with van der Waals surface area (Å²) in [5.41, 5.74) is 2.58. The third-order valence-corrected chi connectivity index (χ3v) is 10.7. The van der Waals surface area contributed by atoms with E-state index in [1.54, 1.807) is 4.90 Å². The molecule has 3 aliphatic heterocycles. The monoisotopic (exact) mass is 615 g/mol. The van der Waals surface area contributed by atoms with Crippen LogP contribution in [0.3, 0.4) is 0 Å². The number of aromatic nitrogens is 2. The van der Waals surface area contributed by atoms with Crippen LogP contribution in [0.15, 0.2) is 29.2 Å². The molecule has 4 heterocycles. The molecule has 2 amide bonds. The highest BCUT2D eigenvalue weighted by Crippen LogP contribution is 2.37. The van der Waals surface area contributed by atoms with Crippen LogP contribution in [0.4, 0.5) is 0 Å². The van der Waals surface area contributed by atoms with Crippen LogP contribution < -0.4 is 5.32 Å². The lowest BCUT2D eigenvalue weighted by molar-refractivity contribution is -0.129. The molecule has 3 aliphatic rings. The van der Waals surface area contributed by atoms with Gasteiger partial charge in [-0.25, -0.2) is 13.2 Å². The van der Waals surface area contributed by atoms with Crippen LogP contribution in [0.2, 0.25) is 0 Å². The van der Waals surface area contributed by atoms with E-state index in [0.717, 1.165) is 30.7 Å². The lowest BCUT2D eigenvalue weighted by atomic mass is 9.76. The van der Waals surface area contributed by atoms with Crippen LogP contribution >= 0.6 is 0 Å². The van der Waals surface area contributed by atoms with E-state index in [4.69, 9.17) is 14.6 Å². The number of rotatable bonds is 8. The molecule has 2 saturated heterocycles. The van der Waals surface area contributed by atoms with Crippen molar-refractivity contribution in [1.29, 1.82) is 0 Å². The molecule has 12 nitrogen and oxygen atoms in total. The maximum absolute atomic E-state index is 13.1. The number of amides is 2. The molecule has 1 spiro atoms. The molecule has 0 aliphatic carbocycles. The fourth-order valence-electron chi connectivity index (χ4n) is 6.13. The van der Waals surface area contributed by atoms with Gasteiger partial charge in [0.15, 0.2) is 0 Å². The van der Waals surface area contributed by atoms with Crippen LogP contribution in [-0.4, -0.2) is 97.7 Å². The number of sulfonamides is 1. The van der Waals surface area contributed by atoms with Crippen molar-refractivity contribution < 1.29 is 32.3 Å². The maximum Gasteiger partial charge on any atom is 0.338 e. The smallest absolute Gasteiger partial charge is 0.338 e. The Bertz CT molecular complexity index is 1460. The highest BCUT2D eigenvalue weighted by atomic mass is 32.2. The zero-order chi connectivity index (χ0) is 30.8. The highest BCUT2D eigenvalue weighted by Gasteiger charge is 2.40. The van der Waals surface area contributed by atoms with Crippen LogP contribution in [0, 0.1) is 11.3 Å². The van der Waals surface area contributed by atoms with Gasteiger partial charge in [-0.05, 0) is 55.4 Å². The summed E-state index contributed by atoms with van der Waals surface area (Å²) in [5, 5.41) is 7.92. The molecule has 0 unspecified atom stereocenters. The van der Waals surface area contributed by atoms with Gasteiger partial charge in [-0.15, -0.1) is 0 Å². The number of piperazine rings is 1. The third-order valence-electron chi connectivity index (χ3n) is 8.81. The van der Waals surface area contributed by atoms with Gasteiger partial charge in [-0.2, -0.15) is 9.40 Å². The first kappa shape index (κ1) is 31.1. The summed E-state index contributed by atoms with van der Waals surface area (Å²) in [7, 11) is -3.74. The van der Waals surface area contributed by atoms with Gasteiger partial charge >= 0.3 is 5.97 Å². The minimum atomic E-state index is -3.74. The average molecular weight is 616 g/mol. The normalized spacial score (nSPS) is 19.8. The molecule has 2 aromatic rings. The zero-order valence-corrected chi connectivity index (χ0v) is 26.0. The lowest BCUT2D eigenvalue weighted by Gasteiger charge is -2.36. The largest absolute Gasteiger partial charge is 0.462 e. The predicted octanol–water partition coefficient (Wildman–Crippen LogP) is 1.87. The van der Waals surface area contributed by atoms with E-state index in [0.29, 0.717) is 51.4 Å². The molecule has 13 heteroatoms. The number of benzene rings is 1. The molecule has 1 atom stereocenters.